The van der Waals surface area contributed by atoms with Crippen molar-refractivity contribution in [3.05, 3.63) is 46.9 Å². The van der Waals surface area contributed by atoms with Crippen molar-refractivity contribution in [1.82, 2.24) is 4.90 Å². The topological polar surface area (TPSA) is 40.5 Å². The van der Waals surface area contributed by atoms with E-state index in [2.05, 4.69) is 6.58 Å². The minimum absolute atomic E-state index is 0.143. The Labute approximate surface area is 121 Å². The largest absolute Gasteiger partial charge is 0.507 e. The standard InChI is InChI=1S/C14H13NO2S2/c1-3-7-15-13(17)11(19-14(15)18)8-10-6-4-5-9(2)12(10)16/h3-6,8,16H,1,7H2,2H3/b11-8-. The van der Waals surface area contributed by atoms with Crippen molar-refractivity contribution >= 4 is 40.3 Å². The van der Waals surface area contributed by atoms with Crippen LogP contribution in [0.4, 0.5) is 0 Å². The molecule has 0 aromatic heterocycles. The van der Waals surface area contributed by atoms with E-state index >= 15 is 0 Å². The number of aromatic hydroxyl groups is 1. The van der Waals surface area contributed by atoms with E-state index < -0.39 is 0 Å². The molecule has 2 rings (SSSR count). The van der Waals surface area contributed by atoms with Crippen LogP contribution in [0.25, 0.3) is 6.08 Å². The second-order valence-electron chi connectivity index (χ2n) is 4.09. The Balaban J connectivity index is 2.35. The number of rotatable bonds is 3. The van der Waals surface area contributed by atoms with E-state index in [0.29, 0.717) is 21.3 Å². The highest BCUT2D eigenvalue weighted by Crippen LogP contribution is 2.34. The van der Waals surface area contributed by atoms with Gasteiger partial charge in [-0.1, -0.05) is 48.3 Å². The highest BCUT2D eigenvalue weighted by atomic mass is 32.2. The molecule has 1 aliphatic heterocycles. The maximum atomic E-state index is 12.1. The van der Waals surface area contributed by atoms with Crippen molar-refractivity contribution < 1.29 is 9.90 Å². The summed E-state index contributed by atoms with van der Waals surface area (Å²) in [4.78, 5) is 14.1. The molecule has 0 radical (unpaired) electrons. The molecule has 1 heterocycles. The van der Waals surface area contributed by atoms with Crippen molar-refractivity contribution in [2.45, 2.75) is 6.92 Å². The number of thioether (sulfide) groups is 1. The van der Waals surface area contributed by atoms with Crippen LogP contribution in [0.15, 0.2) is 35.8 Å². The first-order valence-corrected chi connectivity index (χ1v) is 6.92. The smallest absolute Gasteiger partial charge is 0.266 e. The van der Waals surface area contributed by atoms with Gasteiger partial charge >= 0.3 is 0 Å². The van der Waals surface area contributed by atoms with Crippen LogP contribution in [-0.2, 0) is 4.79 Å². The van der Waals surface area contributed by atoms with Gasteiger partial charge in [-0.2, -0.15) is 0 Å². The normalized spacial score (nSPS) is 17.3. The first kappa shape index (κ1) is 13.8. The van der Waals surface area contributed by atoms with Gasteiger partial charge in [-0.3, -0.25) is 9.69 Å². The summed E-state index contributed by atoms with van der Waals surface area (Å²) in [6, 6.07) is 5.42. The van der Waals surface area contributed by atoms with Crippen LogP contribution in [0, 0.1) is 6.92 Å². The third kappa shape index (κ3) is 2.72. The number of hydrogen-bond acceptors (Lipinski definition) is 4. The summed E-state index contributed by atoms with van der Waals surface area (Å²) in [5, 5.41) is 9.95. The van der Waals surface area contributed by atoms with E-state index in [9.17, 15) is 9.90 Å². The summed E-state index contributed by atoms with van der Waals surface area (Å²) in [5.74, 6) is 0.0484. The molecule has 0 spiro atoms. The summed E-state index contributed by atoms with van der Waals surface area (Å²) in [5.41, 5.74) is 1.40. The molecular formula is C14H13NO2S2. The lowest BCUT2D eigenvalue weighted by Gasteiger charge is -2.10. The number of phenolic OH excluding ortho intramolecular Hbond substituents is 1. The molecule has 0 atom stereocenters. The SMILES string of the molecule is C=CCN1C(=O)/C(=C/c2cccc(C)c2O)SC1=S. The van der Waals surface area contributed by atoms with Crippen LogP contribution >= 0.6 is 24.0 Å². The molecule has 3 nitrogen and oxygen atoms in total. The highest BCUT2D eigenvalue weighted by Gasteiger charge is 2.31. The second-order valence-corrected chi connectivity index (χ2v) is 5.77. The molecule has 5 heteroatoms. The van der Waals surface area contributed by atoms with Crippen LogP contribution < -0.4 is 0 Å². The van der Waals surface area contributed by atoms with Crippen LogP contribution in [0.1, 0.15) is 11.1 Å². The Hall–Kier alpha value is -1.59. The molecule has 0 bridgehead atoms. The summed E-state index contributed by atoms with van der Waals surface area (Å²) >= 11 is 6.39. The lowest BCUT2D eigenvalue weighted by atomic mass is 10.1. The summed E-state index contributed by atoms with van der Waals surface area (Å²) < 4.78 is 0.517. The molecule has 1 aromatic carbocycles. The highest BCUT2D eigenvalue weighted by molar-refractivity contribution is 8.26. The number of phenols is 1. The maximum Gasteiger partial charge on any atom is 0.266 e. The zero-order valence-electron chi connectivity index (χ0n) is 10.4. The fourth-order valence-corrected chi connectivity index (χ4v) is 2.99. The van der Waals surface area contributed by atoms with Crippen molar-refractivity contribution in [3.8, 4) is 5.75 Å². The quantitative estimate of drug-likeness (QED) is 0.528. The van der Waals surface area contributed by atoms with E-state index in [4.69, 9.17) is 12.2 Å². The van der Waals surface area contributed by atoms with Crippen LogP contribution in [0.3, 0.4) is 0 Å². The minimum Gasteiger partial charge on any atom is -0.507 e. The first-order valence-electron chi connectivity index (χ1n) is 5.69. The third-order valence-corrected chi connectivity index (χ3v) is 4.12. The number of benzene rings is 1. The monoisotopic (exact) mass is 291 g/mol. The average Bonchev–Trinajstić information content (AvgIpc) is 2.63. The van der Waals surface area contributed by atoms with E-state index in [1.807, 2.05) is 19.1 Å². The summed E-state index contributed by atoms with van der Waals surface area (Å²) in [6.07, 6.45) is 3.31. The van der Waals surface area contributed by atoms with Gasteiger partial charge in [-0.15, -0.1) is 6.58 Å². The number of carbonyl (C=O) groups is 1. The molecule has 0 aliphatic carbocycles. The van der Waals surface area contributed by atoms with Gasteiger partial charge in [0.2, 0.25) is 0 Å². The molecule has 0 unspecified atom stereocenters. The van der Waals surface area contributed by atoms with E-state index in [-0.39, 0.29) is 11.7 Å². The van der Waals surface area contributed by atoms with E-state index in [0.717, 1.165) is 5.56 Å². The Kier molecular flexibility index (Phi) is 4.07. The van der Waals surface area contributed by atoms with Gasteiger partial charge < -0.3 is 5.11 Å². The molecule has 1 aliphatic rings. The molecule has 1 aromatic rings. The minimum atomic E-state index is -0.143. The average molecular weight is 291 g/mol. The number of nitrogens with zero attached hydrogens (tertiary/aromatic N) is 1. The van der Waals surface area contributed by atoms with Gasteiger partial charge in [0.05, 0.1) is 4.91 Å². The second kappa shape index (κ2) is 5.59. The number of carbonyl (C=O) groups excluding carboxylic acids is 1. The molecule has 1 saturated heterocycles. The zero-order chi connectivity index (χ0) is 14.0. The van der Waals surface area contributed by atoms with E-state index in [1.54, 1.807) is 18.2 Å². The molecule has 1 fully saturated rings. The Morgan fingerprint density at radius 1 is 1.53 bits per heavy atom. The van der Waals surface area contributed by atoms with Crippen molar-refractivity contribution in [1.29, 1.82) is 0 Å². The Bertz CT molecular complexity index is 593. The first-order chi connectivity index (χ1) is 9.04. The van der Waals surface area contributed by atoms with E-state index in [1.165, 1.54) is 16.7 Å². The van der Waals surface area contributed by atoms with Crippen molar-refractivity contribution in [3.63, 3.8) is 0 Å². The van der Waals surface area contributed by atoms with Crippen molar-refractivity contribution in [2.24, 2.45) is 0 Å². The van der Waals surface area contributed by atoms with Gasteiger partial charge in [0.15, 0.2) is 0 Å². The molecule has 98 valence electrons. The summed E-state index contributed by atoms with van der Waals surface area (Å²) in [6.45, 7) is 5.83. The fourth-order valence-electron chi connectivity index (χ4n) is 1.73. The lowest BCUT2D eigenvalue weighted by molar-refractivity contribution is -0.121. The zero-order valence-corrected chi connectivity index (χ0v) is 12.1. The fraction of sp³-hybridized carbons (Fsp3) is 0.143. The number of thiocarbonyl (C=S) groups is 1. The lowest BCUT2D eigenvalue weighted by Crippen LogP contribution is -2.27. The van der Waals surface area contributed by atoms with Gasteiger partial charge in [-0.25, -0.2) is 0 Å². The van der Waals surface area contributed by atoms with Crippen LogP contribution in [0.2, 0.25) is 0 Å². The molecule has 0 saturated carbocycles. The summed E-state index contributed by atoms with van der Waals surface area (Å²) in [7, 11) is 0. The molecule has 1 amide bonds. The number of para-hydroxylation sites is 1. The van der Waals surface area contributed by atoms with Crippen LogP contribution in [-0.4, -0.2) is 26.8 Å². The predicted molar refractivity (Wildman–Crippen MR) is 82.9 cm³/mol. The number of hydrogen-bond donors (Lipinski definition) is 1. The molecular weight excluding hydrogens is 278 g/mol. The Morgan fingerprint density at radius 3 is 2.95 bits per heavy atom. The number of amides is 1. The van der Waals surface area contributed by atoms with Gasteiger partial charge in [0.1, 0.15) is 10.1 Å². The molecule has 19 heavy (non-hydrogen) atoms. The Morgan fingerprint density at radius 2 is 2.26 bits per heavy atom. The van der Waals surface area contributed by atoms with Gasteiger partial charge in [0.25, 0.3) is 5.91 Å². The van der Waals surface area contributed by atoms with Crippen LogP contribution in [0.5, 0.6) is 5.75 Å². The third-order valence-electron chi connectivity index (χ3n) is 2.74. The van der Waals surface area contributed by atoms with Crippen molar-refractivity contribution in [2.75, 3.05) is 6.54 Å². The van der Waals surface area contributed by atoms with Gasteiger partial charge in [0, 0.05) is 12.1 Å². The maximum absolute atomic E-state index is 12.1. The predicted octanol–water partition coefficient (Wildman–Crippen LogP) is 3.09. The van der Waals surface area contributed by atoms with Gasteiger partial charge in [-0.05, 0) is 18.6 Å². The molecule has 1 N–H and O–H groups in total. The number of aryl methyl sites for hydroxylation is 1.